The molecule has 1 fully saturated rings. The predicted molar refractivity (Wildman–Crippen MR) is 107 cm³/mol. The number of carbonyl (C=O) groups is 2. The van der Waals surface area contributed by atoms with Crippen LogP contribution in [0, 0.1) is 12.8 Å². The molecule has 148 valence electrons. The number of amides is 1. The topological polar surface area (TPSA) is 81.9 Å². The van der Waals surface area contributed by atoms with Crippen LogP contribution in [-0.2, 0) is 20.9 Å². The van der Waals surface area contributed by atoms with Gasteiger partial charge in [0.1, 0.15) is 18.3 Å². The number of hydrogen-bond donors (Lipinski definition) is 1. The molecule has 2 N–H and O–H groups in total. The highest BCUT2D eigenvalue weighted by atomic mass is 16.5. The summed E-state index contributed by atoms with van der Waals surface area (Å²) in [5.74, 6) is -0.709. The fourth-order valence-corrected chi connectivity index (χ4v) is 3.58. The van der Waals surface area contributed by atoms with Crippen molar-refractivity contribution in [2.24, 2.45) is 11.7 Å². The maximum absolute atomic E-state index is 12.2. The smallest absolute Gasteiger partial charge is 0.318 e. The largest absolute Gasteiger partial charge is 0.491 e. The fraction of sp³-hybridized carbons (Fsp3) is 0.364. The lowest BCUT2D eigenvalue weighted by Crippen LogP contribution is -2.34. The van der Waals surface area contributed by atoms with Crippen molar-refractivity contribution in [3.05, 3.63) is 53.6 Å². The van der Waals surface area contributed by atoms with Crippen molar-refractivity contribution in [3.8, 4) is 16.9 Å². The van der Waals surface area contributed by atoms with Crippen LogP contribution < -0.4 is 10.5 Å². The molecule has 1 heterocycles. The van der Waals surface area contributed by atoms with Gasteiger partial charge in [0.15, 0.2) is 0 Å². The van der Waals surface area contributed by atoms with Crippen molar-refractivity contribution in [2.45, 2.75) is 25.9 Å². The molecule has 0 saturated carbocycles. The molecule has 28 heavy (non-hydrogen) atoms. The van der Waals surface area contributed by atoms with Crippen LogP contribution >= 0.6 is 0 Å². The zero-order valence-corrected chi connectivity index (χ0v) is 16.5. The lowest BCUT2D eigenvalue weighted by Gasteiger charge is -2.20. The van der Waals surface area contributed by atoms with Crippen molar-refractivity contribution >= 4 is 11.9 Å². The minimum Gasteiger partial charge on any atom is -0.491 e. The molecule has 6 nitrogen and oxygen atoms in total. The average Bonchev–Trinajstić information content (AvgIpc) is 3.00. The molecule has 0 aliphatic carbocycles. The number of methoxy groups -OCH3 is 1. The zero-order valence-electron chi connectivity index (χ0n) is 16.5. The molecular formula is C22H26N2O4. The van der Waals surface area contributed by atoms with E-state index >= 15 is 0 Å². The number of likely N-dealkylation sites (N-methyl/N-ethyl adjacent to an activating group) is 1. The van der Waals surface area contributed by atoms with Gasteiger partial charge >= 0.3 is 5.97 Å². The number of ether oxygens (including phenoxy) is 2. The van der Waals surface area contributed by atoms with Crippen molar-refractivity contribution in [3.63, 3.8) is 0 Å². The van der Waals surface area contributed by atoms with Gasteiger partial charge in [-0.1, -0.05) is 30.3 Å². The summed E-state index contributed by atoms with van der Waals surface area (Å²) in [4.78, 5) is 25.4. The summed E-state index contributed by atoms with van der Waals surface area (Å²) in [6.45, 7) is 2.94. The molecule has 0 aromatic heterocycles. The molecule has 1 saturated heterocycles. The highest BCUT2D eigenvalue weighted by Gasteiger charge is 2.42. The summed E-state index contributed by atoms with van der Waals surface area (Å²) in [5.41, 5.74) is 10.2. The third-order valence-corrected chi connectivity index (χ3v) is 5.32. The average molecular weight is 382 g/mol. The second-order valence-corrected chi connectivity index (χ2v) is 7.10. The first-order valence-electron chi connectivity index (χ1n) is 9.32. The van der Waals surface area contributed by atoms with Gasteiger partial charge in [-0.15, -0.1) is 0 Å². The van der Waals surface area contributed by atoms with E-state index in [2.05, 4.69) is 19.1 Å². The Morgan fingerprint density at radius 1 is 1.21 bits per heavy atom. The lowest BCUT2D eigenvalue weighted by molar-refractivity contribution is -0.150. The van der Waals surface area contributed by atoms with Gasteiger partial charge in [-0.25, -0.2) is 0 Å². The molecule has 0 unspecified atom stereocenters. The van der Waals surface area contributed by atoms with E-state index in [0.717, 1.165) is 22.4 Å². The SMILES string of the molecule is COC(=O)[C@H]1C[C@@H](COc2ccc(-c3ccc(CN)cc3C)cc2)N(C)C1=O. The molecular weight excluding hydrogens is 356 g/mol. The Morgan fingerprint density at radius 2 is 1.93 bits per heavy atom. The van der Waals surface area contributed by atoms with Crippen LogP contribution in [-0.4, -0.2) is 43.6 Å². The molecule has 6 heteroatoms. The number of esters is 1. The highest BCUT2D eigenvalue weighted by molar-refractivity contribution is 5.99. The van der Waals surface area contributed by atoms with E-state index in [4.69, 9.17) is 15.2 Å². The Kier molecular flexibility index (Phi) is 5.99. The van der Waals surface area contributed by atoms with Crippen LogP contribution in [0.25, 0.3) is 11.1 Å². The Bertz CT molecular complexity index is 863. The Hall–Kier alpha value is -2.86. The molecule has 2 atom stereocenters. The number of aryl methyl sites for hydroxylation is 1. The van der Waals surface area contributed by atoms with Crippen LogP contribution in [0.3, 0.4) is 0 Å². The van der Waals surface area contributed by atoms with Gasteiger partial charge in [0.25, 0.3) is 0 Å². The molecule has 1 aliphatic rings. The molecule has 3 rings (SSSR count). The lowest BCUT2D eigenvalue weighted by atomic mass is 9.98. The molecule has 1 aliphatic heterocycles. The minimum atomic E-state index is -0.731. The maximum Gasteiger partial charge on any atom is 0.318 e. The second kappa shape index (κ2) is 8.44. The van der Waals surface area contributed by atoms with Crippen molar-refractivity contribution < 1.29 is 19.1 Å². The molecule has 2 aromatic carbocycles. The Labute approximate surface area is 165 Å². The van der Waals surface area contributed by atoms with Gasteiger partial charge in [-0.3, -0.25) is 9.59 Å². The quantitative estimate of drug-likeness (QED) is 0.613. The van der Waals surface area contributed by atoms with Gasteiger partial charge in [-0.05, 0) is 47.7 Å². The Morgan fingerprint density at radius 3 is 2.54 bits per heavy atom. The van der Waals surface area contributed by atoms with Gasteiger partial charge in [0, 0.05) is 13.6 Å². The first-order chi connectivity index (χ1) is 13.4. The first kappa shape index (κ1) is 19.9. The third kappa shape index (κ3) is 4.02. The van der Waals surface area contributed by atoms with Crippen LogP contribution in [0.1, 0.15) is 17.5 Å². The molecule has 0 radical (unpaired) electrons. The molecule has 2 aromatic rings. The zero-order chi connectivity index (χ0) is 20.3. The maximum atomic E-state index is 12.2. The summed E-state index contributed by atoms with van der Waals surface area (Å²) in [5, 5.41) is 0. The van der Waals surface area contributed by atoms with Gasteiger partial charge < -0.3 is 20.1 Å². The second-order valence-electron chi connectivity index (χ2n) is 7.10. The summed E-state index contributed by atoms with van der Waals surface area (Å²) < 4.78 is 10.6. The van der Waals surface area contributed by atoms with E-state index in [1.54, 1.807) is 11.9 Å². The fourth-order valence-electron chi connectivity index (χ4n) is 3.58. The summed E-state index contributed by atoms with van der Waals surface area (Å²) in [6.07, 6.45) is 0.410. The van der Waals surface area contributed by atoms with Crippen LogP contribution in [0.4, 0.5) is 0 Å². The highest BCUT2D eigenvalue weighted by Crippen LogP contribution is 2.28. The molecule has 0 spiro atoms. The standard InChI is InChI=1S/C22H26N2O4/c1-14-10-15(12-23)4-9-19(14)16-5-7-18(8-6-16)28-13-17-11-20(22(26)27-3)21(25)24(17)2/h4-10,17,20H,11-13,23H2,1-3H3/t17-,20-/m0/s1. The first-order valence-corrected chi connectivity index (χ1v) is 9.32. The van der Waals surface area contributed by atoms with E-state index in [1.165, 1.54) is 12.7 Å². The van der Waals surface area contributed by atoms with Gasteiger partial charge in [-0.2, -0.15) is 0 Å². The molecule has 1 amide bonds. The van der Waals surface area contributed by atoms with E-state index in [0.29, 0.717) is 19.6 Å². The van der Waals surface area contributed by atoms with Gasteiger partial charge in [0.05, 0.1) is 13.2 Å². The number of nitrogens with two attached hydrogens (primary N) is 1. The van der Waals surface area contributed by atoms with Gasteiger partial charge in [0.2, 0.25) is 5.91 Å². The third-order valence-electron chi connectivity index (χ3n) is 5.32. The summed E-state index contributed by atoms with van der Waals surface area (Å²) in [7, 11) is 2.99. The normalized spacial score (nSPS) is 19.0. The summed E-state index contributed by atoms with van der Waals surface area (Å²) in [6, 6.07) is 13.9. The summed E-state index contributed by atoms with van der Waals surface area (Å²) >= 11 is 0. The van der Waals surface area contributed by atoms with Crippen LogP contribution in [0.15, 0.2) is 42.5 Å². The minimum absolute atomic E-state index is 0.151. The number of carbonyl (C=O) groups excluding carboxylic acids is 2. The monoisotopic (exact) mass is 382 g/mol. The number of rotatable bonds is 6. The van der Waals surface area contributed by atoms with Crippen molar-refractivity contribution in [2.75, 3.05) is 20.8 Å². The van der Waals surface area contributed by atoms with Crippen LogP contribution in [0.5, 0.6) is 5.75 Å². The van der Waals surface area contributed by atoms with Crippen LogP contribution in [0.2, 0.25) is 0 Å². The predicted octanol–water partition coefficient (Wildman–Crippen LogP) is 2.52. The number of likely N-dealkylation sites (tertiary alicyclic amines) is 1. The Balaban J connectivity index is 1.64. The number of benzene rings is 2. The van der Waals surface area contributed by atoms with E-state index in [1.807, 2.05) is 30.3 Å². The van der Waals surface area contributed by atoms with Crippen molar-refractivity contribution in [1.29, 1.82) is 0 Å². The van der Waals surface area contributed by atoms with Crippen molar-refractivity contribution in [1.82, 2.24) is 4.90 Å². The molecule has 0 bridgehead atoms. The number of hydrogen-bond acceptors (Lipinski definition) is 5. The number of nitrogens with zero attached hydrogens (tertiary/aromatic N) is 1. The van der Waals surface area contributed by atoms with E-state index in [-0.39, 0.29) is 11.9 Å². The van der Waals surface area contributed by atoms with E-state index < -0.39 is 11.9 Å². The van der Waals surface area contributed by atoms with E-state index in [9.17, 15) is 9.59 Å².